The van der Waals surface area contributed by atoms with Gasteiger partial charge in [0.15, 0.2) is 0 Å². The van der Waals surface area contributed by atoms with Gasteiger partial charge in [-0.3, -0.25) is 9.36 Å². The zero-order valence-electron chi connectivity index (χ0n) is 13.1. The molecule has 0 bridgehead atoms. The van der Waals surface area contributed by atoms with E-state index in [9.17, 15) is 4.79 Å². The van der Waals surface area contributed by atoms with Gasteiger partial charge in [-0.15, -0.1) is 0 Å². The van der Waals surface area contributed by atoms with Gasteiger partial charge >= 0.3 is 0 Å². The predicted molar refractivity (Wildman–Crippen MR) is 97.8 cm³/mol. The van der Waals surface area contributed by atoms with Crippen LogP contribution in [0.3, 0.4) is 0 Å². The van der Waals surface area contributed by atoms with Crippen LogP contribution in [0.15, 0.2) is 67.1 Å². The van der Waals surface area contributed by atoms with Crippen LogP contribution in [0.25, 0.3) is 27.8 Å². The lowest BCUT2D eigenvalue weighted by molar-refractivity contribution is 0.100. The van der Waals surface area contributed by atoms with Gasteiger partial charge in [-0.05, 0) is 48.0 Å². The van der Waals surface area contributed by atoms with Crippen LogP contribution < -0.4 is 5.73 Å². The molecule has 0 aliphatic carbocycles. The zero-order valence-corrected chi connectivity index (χ0v) is 13.8. The zero-order chi connectivity index (χ0) is 17.4. The normalized spacial score (nSPS) is 10.9. The number of halogens is 1. The summed E-state index contributed by atoms with van der Waals surface area (Å²) in [4.78, 5) is 19.8. The molecule has 4 rings (SSSR count). The van der Waals surface area contributed by atoms with Gasteiger partial charge < -0.3 is 5.73 Å². The molecule has 0 radical (unpaired) electrons. The summed E-state index contributed by atoms with van der Waals surface area (Å²) in [5.41, 5.74) is 10.1. The lowest BCUT2D eigenvalue weighted by atomic mass is 10.1. The van der Waals surface area contributed by atoms with Gasteiger partial charge in [0.2, 0.25) is 5.91 Å². The molecular formula is C19H13ClN4O. The van der Waals surface area contributed by atoms with Gasteiger partial charge in [0, 0.05) is 23.0 Å². The molecule has 5 nitrogen and oxygen atoms in total. The summed E-state index contributed by atoms with van der Waals surface area (Å²) in [6, 6.07) is 17.0. The van der Waals surface area contributed by atoms with Crippen molar-refractivity contribution in [1.82, 2.24) is 14.5 Å². The fourth-order valence-electron chi connectivity index (χ4n) is 2.80. The minimum absolute atomic E-state index is 0.439. The Morgan fingerprint density at radius 2 is 1.92 bits per heavy atom. The minimum Gasteiger partial charge on any atom is -0.366 e. The molecular weight excluding hydrogens is 336 g/mol. The van der Waals surface area contributed by atoms with Crippen molar-refractivity contribution in [3.05, 3.63) is 77.8 Å². The van der Waals surface area contributed by atoms with Crippen molar-refractivity contribution in [2.75, 3.05) is 0 Å². The van der Waals surface area contributed by atoms with E-state index in [1.165, 1.54) is 0 Å². The number of fused-ring (bicyclic) bond motifs is 1. The first-order valence-corrected chi connectivity index (χ1v) is 7.99. The number of carbonyl (C=O) groups excluding carboxylic acids is 1. The number of pyridine rings is 1. The third-order valence-electron chi connectivity index (χ3n) is 4.03. The fraction of sp³-hybridized carbons (Fsp3) is 0. The Morgan fingerprint density at radius 1 is 1.04 bits per heavy atom. The van der Waals surface area contributed by atoms with E-state index < -0.39 is 5.91 Å². The summed E-state index contributed by atoms with van der Waals surface area (Å²) in [5, 5.41) is 0.459. The molecule has 0 aliphatic heterocycles. The Bertz CT molecular complexity index is 1100. The molecule has 2 aromatic heterocycles. The average molecular weight is 349 g/mol. The number of hydrogen-bond acceptors (Lipinski definition) is 3. The van der Waals surface area contributed by atoms with E-state index in [-0.39, 0.29) is 0 Å². The standard InChI is InChI=1S/C19H13ClN4O/c20-18-15(5-2-8-22-18)12-3-1-4-14(9-12)24-11-23-16-10-13(19(21)25)6-7-17(16)24/h1-11H,(H2,21,25). The second kappa shape index (κ2) is 6.03. The summed E-state index contributed by atoms with van der Waals surface area (Å²) in [6.45, 7) is 0. The maximum atomic E-state index is 11.3. The molecule has 2 aromatic carbocycles. The van der Waals surface area contributed by atoms with Gasteiger partial charge in [-0.1, -0.05) is 23.7 Å². The first-order chi connectivity index (χ1) is 12.1. The number of benzene rings is 2. The Morgan fingerprint density at radius 3 is 2.72 bits per heavy atom. The molecule has 1 amide bonds. The number of amides is 1. The van der Waals surface area contributed by atoms with Crippen molar-refractivity contribution >= 4 is 28.5 Å². The summed E-state index contributed by atoms with van der Waals surface area (Å²) in [5.74, 6) is -0.468. The Kier molecular flexibility index (Phi) is 3.71. The molecule has 0 spiro atoms. The van der Waals surface area contributed by atoms with E-state index in [1.807, 2.05) is 47.0 Å². The van der Waals surface area contributed by atoms with E-state index in [1.54, 1.807) is 24.7 Å². The van der Waals surface area contributed by atoms with Crippen LogP contribution in [0.1, 0.15) is 10.4 Å². The second-order valence-electron chi connectivity index (χ2n) is 5.57. The maximum absolute atomic E-state index is 11.3. The molecule has 0 saturated carbocycles. The number of nitrogens with two attached hydrogens (primary N) is 1. The highest BCUT2D eigenvalue weighted by atomic mass is 35.5. The summed E-state index contributed by atoms with van der Waals surface area (Å²) in [6.07, 6.45) is 3.38. The SMILES string of the molecule is NC(=O)c1ccc2c(c1)ncn2-c1cccc(-c2cccnc2Cl)c1. The van der Waals surface area contributed by atoms with Crippen LogP contribution in [0, 0.1) is 0 Å². The van der Waals surface area contributed by atoms with Crippen LogP contribution in [-0.4, -0.2) is 20.4 Å². The fourth-order valence-corrected chi connectivity index (χ4v) is 3.02. The van der Waals surface area contributed by atoms with E-state index >= 15 is 0 Å². The lowest BCUT2D eigenvalue weighted by Gasteiger charge is -2.08. The Hall–Kier alpha value is -3.18. The molecule has 2 heterocycles. The van der Waals surface area contributed by atoms with Crippen LogP contribution in [-0.2, 0) is 0 Å². The quantitative estimate of drug-likeness (QED) is 0.572. The van der Waals surface area contributed by atoms with Crippen molar-refractivity contribution in [3.63, 3.8) is 0 Å². The van der Waals surface area contributed by atoms with Crippen LogP contribution >= 0.6 is 11.6 Å². The Balaban J connectivity index is 1.83. The van der Waals surface area contributed by atoms with Crippen LogP contribution in [0.2, 0.25) is 5.15 Å². The number of aromatic nitrogens is 3. The highest BCUT2D eigenvalue weighted by Gasteiger charge is 2.10. The summed E-state index contributed by atoms with van der Waals surface area (Å²) < 4.78 is 1.95. The molecule has 0 unspecified atom stereocenters. The molecule has 0 saturated heterocycles. The van der Waals surface area contributed by atoms with Gasteiger partial charge in [-0.25, -0.2) is 9.97 Å². The summed E-state index contributed by atoms with van der Waals surface area (Å²) >= 11 is 6.20. The smallest absolute Gasteiger partial charge is 0.248 e. The van der Waals surface area contributed by atoms with Crippen LogP contribution in [0.4, 0.5) is 0 Å². The molecule has 122 valence electrons. The molecule has 2 N–H and O–H groups in total. The molecule has 6 heteroatoms. The minimum atomic E-state index is -0.468. The lowest BCUT2D eigenvalue weighted by Crippen LogP contribution is -2.10. The number of carbonyl (C=O) groups is 1. The third-order valence-corrected chi connectivity index (χ3v) is 4.33. The van der Waals surface area contributed by atoms with Crippen LogP contribution in [0.5, 0.6) is 0 Å². The van der Waals surface area contributed by atoms with Crippen molar-refractivity contribution < 1.29 is 4.79 Å². The summed E-state index contributed by atoms with van der Waals surface area (Å²) in [7, 11) is 0. The predicted octanol–water partition coefficient (Wildman–Crippen LogP) is 3.84. The van der Waals surface area contributed by atoms with E-state index in [2.05, 4.69) is 9.97 Å². The first-order valence-electron chi connectivity index (χ1n) is 7.62. The van der Waals surface area contributed by atoms with Crippen molar-refractivity contribution in [1.29, 1.82) is 0 Å². The van der Waals surface area contributed by atoms with E-state index in [0.717, 1.165) is 22.3 Å². The molecule has 0 aliphatic rings. The number of nitrogens with zero attached hydrogens (tertiary/aromatic N) is 3. The van der Waals surface area contributed by atoms with Crippen molar-refractivity contribution in [2.45, 2.75) is 0 Å². The first kappa shape index (κ1) is 15.4. The number of imidazole rings is 1. The number of rotatable bonds is 3. The van der Waals surface area contributed by atoms with Gasteiger partial charge in [0.1, 0.15) is 11.5 Å². The highest BCUT2D eigenvalue weighted by Crippen LogP contribution is 2.28. The molecule has 0 atom stereocenters. The number of hydrogen-bond donors (Lipinski definition) is 1. The molecule has 25 heavy (non-hydrogen) atoms. The second-order valence-corrected chi connectivity index (χ2v) is 5.93. The van der Waals surface area contributed by atoms with Gasteiger partial charge in [0.25, 0.3) is 0 Å². The average Bonchev–Trinajstić information content (AvgIpc) is 3.05. The molecule has 4 aromatic rings. The van der Waals surface area contributed by atoms with Crippen molar-refractivity contribution in [3.8, 4) is 16.8 Å². The highest BCUT2D eigenvalue weighted by molar-refractivity contribution is 6.32. The Labute approximate surface area is 148 Å². The van der Waals surface area contributed by atoms with Crippen molar-refractivity contribution in [2.24, 2.45) is 5.73 Å². The van der Waals surface area contributed by atoms with Gasteiger partial charge in [-0.2, -0.15) is 0 Å². The van der Waals surface area contributed by atoms with E-state index in [4.69, 9.17) is 17.3 Å². The van der Waals surface area contributed by atoms with Gasteiger partial charge in [0.05, 0.1) is 11.0 Å². The monoisotopic (exact) mass is 348 g/mol. The third kappa shape index (κ3) is 2.75. The topological polar surface area (TPSA) is 73.8 Å². The largest absolute Gasteiger partial charge is 0.366 e. The number of primary amides is 1. The molecule has 0 fully saturated rings. The van der Waals surface area contributed by atoms with E-state index in [0.29, 0.717) is 16.2 Å². The maximum Gasteiger partial charge on any atom is 0.248 e.